The molecule has 0 aliphatic carbocycles. The summed E-state index contributed by atoms with van der Waals surface area (Å²) in [6.45, 7) is 5.62. The van der Waals surface area contributed by atoms with E-state index in [9.17, 15) is 9.59 Å². The molecule has 2 amide bonds. The molecule has 0 atom stereocenters. The monoisotopic (exact) mass is 294 g/mol. The van der Waals surface area contributed by atoms with E-state index in [4.69, 9.17) is 5.73 Å². The molecule has 0 heterocycles. The Bertz CT molecular complexity index is 457. The van der Waals surface area contributed by atoms with Crippen molar-refractivity contribution in [3.05, 3.63) is 29.8 Å². The first-order valence-corrected chi connectivity index (χ1v) is 7.88. The standard InChI is InChI=1S/C15H22N2O2S/c1-3-9-17(10-4-2)15(19)12-7-5-6-8-13(12)20-11-14(16)18/h5-8H,3-4,9-11H2,1-2H3,(H2,16,18). The molecule has 1 rings (SSSR count). The Hall–Kier alpha value is -1.49. The first-order valence-electron chi connectivity index (χ1n) is 6.89. The molecule has 1 aromatic rings. The quantitative estimate of drug-likeness (QED) is 0.749. The zero-order chi connectivity index (χ0) is 15.0. The lowest BCUT2D eigenvalue weighted by atomic mass is 10.2. The second-order valence-corrected chi connectivity index (χ2v) is 5.56. The summed E-state index contributed by atoms with van der Waals surface area (Å²) in [5, 5.41) is 0. The molecule has 0 bridgehead atoms. The van der Waals surface area contributed by atoms with Gasteiger partial charge in [-0.05, 0) is 25.0 Å². The summed E-state index contributed by atoms with van der Waals surface area (Å²) in [5.41, 5.74) is 5.82. The maximum Gasteiger partial charge on any atom is 0.254 e. The van der Waals surface area contributed by atoms with Crippen molar-refractivity contribution in [3.8, 4) is 0 Å². The number of nitrogens with two attached hydrogens (primary N) is 1. The molecule has 0 spiro atoms. The van der Waals surface area contributed by atoms with Crippen molar-refractivity contribution in [1.29, 1.82) is 0 Å². The van der Waals surface area contributed by atoms with Crippen molar-refractivity contribution < 1.29 is 9.59 Å². The van der Waals surface area contributed by atoms with Crippen LogP contribution in [0.5, 0.6) is 0 Å². The Labute approximate surface area is 124 Å². The largest absolute Gasteiger partial charge is 0.369 e. The average molecular weight is 294 g/mol. The van der Waals surface area contributed by atoms with Crippen molar-refractivity contribution in [2.45, 2.75) is 31.6 Å². The van der Waals surface area contributed by atoms with E-state index in [-0.39, 0.29) is 17.6 Å². The van der Waals surface area contributed by atoms with Gasteiger partial charge in [0.1, 0.15) is 0 Å². The number of primary amides is 1. The third-order valence-corrected chi connectivity index (χ3v) is 3.86. The Morgan fingerprint density at radius 1 is 1.15 bits per heavy atom. The summed E-state index contributed by atoms with van der Waals surface area (Å²) in [6, 6.07) is 7.38. The van der Waals surface area contributed by atoms with Gasteiger partial charge < -0.3 is 10.6 Å². The molecule has 1 aromatic carbocycles. The molecular weight excluding hydrogens is 272 g/mol. The van der Waals surface area contributed by atoms with Crippen LogP contribution in [-0.2, 0) is 4.79 Å². The molecule has 0 aliphatic rings. The van der Waals surface area contributed by atoms with Crippen LogP contribution in [0.15, 0.2) is 29.2 Å². The van der Waals surface area contributed by atoms with Gasteiger partial charge in [0.15, 0.2) is 0 Å². The van der Waals surface area contributed by atoms with E-state index >= 15 is 0 Å². The van der Waals surface area contributed by atoms with Gasteiger partial charge in [-0.3, -0.25) is 9.59 Å². The minimum Gasteiger partial charge on any atom is -0.369 e. The summed E-state index contributed by atoms with van der Waals surface area (Å²) < 4.78 is 0. The third kappa shape index (κ3) is 4.89. The van der Waals surface area contributed by atoms with Crippen molar-refractivity contribution in [2.24, 2.45) is 5.73 Å². The highest BCUT2D eigenvalue weighted by Crippen LogP contribution is 2.23. The summed E-state index contributed by atoms with van der Waals surface area (Å²) in [5.74, 6) is -0.163. The lowest BCUT2D eigenvalue weighted by molar-refractivity contribution is -0.115. The number of carbonyl (C=O) groups is 2. The Morgan fingerprint density at radius 2 is 1.75 bits per heavy atom. The van der Waals surface area contributed by atoms with Gasteiger partial charge in [-0.25, -0.2) is 0 Å². The highest BCUT2D eigenvalue weighted by molar-refractivity contribution is 8.00. The summed E-state index contributed by atoms with van der Waals surface area (Å²) >= 11 is 1.32. The van der Waals surface area contributed by atoms with Crippen LogP contribution in [-0.4, -0.2) is 35.6 Å². The SMILES string of the molecule is CCCN(CCC)C(=O)c1ccccc1SCC(N)=O. The predicted molar refractivity (Wildman–Crippen MR) is 82.8 cm³/mol. The smallest absolute Gasteiger partial charge is 0.254 e. The number of hydrogen-bond donors (Lipinski definition) is 1. The molecule has 0 radical (unpaired) electrons. The number of nitrogens with zero attached hydrogens (tertiary/aromatic N) is 1. The minimum atomic E-state index is -0.378. The highest BCUT2D eigenvalue weighted by Gasteiger charge is 2.17. The normalized spacial score (nSPS) is 10.3. The Kier molecular flexibility index (Phi) is 7.15. The minimum absolute atomic E-state index is 0.0290. The second-order valence-electron chi connectivity index (χ2n) is 4.54. The Morgan fingerprint density at radius 3 is 2.30 bits per heavy atom. The van der Waals surface area contributed by atoms with E-state index in [1.54, 1.807) is 0 Å². The fourth-order valence-corrected chi connectivity index (χ4v) is 2.73. The molecule has 0 unspecified atom stereocenters. The van der Waals surface area contributed by atoms with Gasteiger partial charge in [-0.15, -0.1) is 11.8 Å². The first-order chi connectivity index (χ1) is 9.60. The van der Waals surface area contributed by atoms with Crippen molar-refractivity contribution in [2.75, 3.05) is 18.8 Å². The van der Waals surface area contributed by atoms with Crippen LogP contribution in [0.3, 0.4) is 0 Å². The van der Waals surface area contributed by atoms with Gasteiger partial charge in [-0.2, -0.15) is 0 Å². The Balaban J connectivity index is 2.92. The maximum atomic E-state index is 12.6. The van der Waals surface area contributed by atoms with Crippen LogP contribution in [0.4, 0.5) is 0 Å². The first kappa shape index (κ1) is 16.6. The van der Waals surface area contributed by atoms with E-state index in [1.165, 1.54) is 11.8 Å². The number of amides is 2. The van der Waals surface area contributed by atoms with Crippen LogP contribution >= 0.6 is 11.8 Å². The van der Waals surface area contributed by atoms with E-state index in [0.29, 0.717) is 5.56 Å². The van der Waals surface area contributed by atoms with E-state index in [0.717, 1.165) is 30.8 Å². The summed E-state index contributed by atoms with van der Waals surface area (Å²) in [7, 11) is 0. The van der Waals surface area contributed by atoms with Crippen LogP contribution in [0.25, 0.3) is 0 Å². The van der Waals surface area contributed by atoms with Gasteiger partial charge in [0.2, 0.25) is 5.91 Å². The molecule has 0 aliphatic heterocycles. The van der Waals surface area contributed by atoms with Crippen molar-refractivity contribution >= 4 is 23.6 Å². The average Bonchev–Trinajstić information content (AvgIpc) is 2.44. The zero-order valence-corrected chi connectivity index (χ0v) is 12.9. The van der Waals surface area contributed by atoms with Crippen LogP contribution in [0.1, 0.15) is 37.0 Å². The summed E-state index contributed by atoms with van der Waals surface area (Å²) in [6.07, 6.45) is 1.87. The molecule has 5 heteroatoms. The lowest BCUT2D eigenvalue weighted by Crippen LogP contribution is -2.32. The number of benzene rings is 1. The molecule has 0 saturated heterocycles. The number of carbonyl (C=O) groups excluding carboxylic acids is 2. The van der Waals surface area contributed by atoms with Gasteiger partial charge in [0.05, 0.1) is 11.3 Å². The second kappa shape index (κ2) is 8.64. The maximum absolute atomic E-state index is 12.6. The fraction of sp³-hybridized carbons (Fsp3) is 0.467. The highest BCUT2D eigenvalue weighted by atomic mass is 32.2. The lowest BCUT2D eigenvalue weighted by Gasteiger charge is -2.22. The van der Waals surface area contributed by atoms with Crippen molar-refractivity contribution in [3.63, 3.8) is 0 Å². The number of rotatable bonds is 8. The molecule has 0 fully saturated rings. The summed E-state index contributed by atoms with van der Waals surface area (Å²) in [4.78, 5) is 26.2. The molecule has 0 saturated carbocycles. The van der Waals surface area contributed by atoms with Gasteiger partial charge >= 0.3 is 0 Å². The molecule has 110 valence electrons. The van der Waals surface area contributed by atoms with Gasteiger partial charge in [-0.1, -0.05) is 26.0 Å². The van der Waals surface area contributed by atoms with E-state index < -0.39 is 0 Å². The third-order valence-electron chi connectivity index (χ3n) is 2.76. The molecule has 4 nitrogen and oxygen atoms in total. The molecule has 20 heavy (non-hydrogen) atoms. The molecule has 2 N–H and O–H groups in total. The molecule has 0 aromatic heterocycles. The van der Waals surface area contributed by atoms with E-state index in [1.807, 2.05) is 29.2 Å². The fourth-order valence-electron chi connectivity index (χ4n) is 1.94. The zero-order valence-electron chi connectivity index (χ0n) is 12.1. The van der Waals surface area contributed by atoms with Crippen LogP contribution in [0.2, 0.25) is 0 Å². The van der Waals surface area contributed by atoms with E-state index in [2.05, 4.69) is 13.8 Å². The molecular formula is C15H22N2O2S. The predicted octanol–water partition coefficient (Wildman–Crippen LogP) is 2.53. The number of hydrogen-bond acceptors (Lipinski definition) is 3. The van der Waals surface area contributed by atoms with Gasteiger partial charge in [0.25, 0.3) is 5.91 Å². The number of thioether (sulfide) groups is 1. The topological polar surface area (TPSA) is 63.4 Å². The van der Waals surface area contributed by atoms with Gasteiger partial charge in [0, 0.05) is 18.0 Å². The van der Waals surface area contributed by atoms with Crippen LogP contribution in [0, 0.1) is 0 Å². The van der Waals surface area contributed by atoms with Crippen LogP contribution < -0.4 is 5.73 Å². The van der Waals surface area contributed by atoms with Crippen molar-refractivity contribution in [1.82, 2.24) is 4.90 Å².